The van der Waals surface area contributed by atoms with E-state index in [4.69, 9.17) is 9.29 Å². The molecular weight excluding hydrogens is 727 g/mol. The van der Waals surface area contributed by atoms with Gasteiger partial charge in [-0.15, -0.1) is 0 Å². The number of hydrogen-bond donors (Lipinski definition) is 1. The summed E-state index contributed by atoms with van der Waals surface area (Å²) >= 11 is 0. The number of rotatable bonds is 11. The van der Waals surface area contributed by atoms with Gasteiger partial charge >= 0.3 is 36.7 Å². The standard InChI is InChI=1S/C18H12F3S.C11H10F6O7S2/c19-13-1-7-16(8-2-13)22(17-9-3-14(20)4-10-17)18-11-5-15(21)6-12-18;1-23-6-7-2-4-8(5-3-7)24-26(21,22)11(16,17)9(12,13)10(14,15)25(18,19)20/h1-12H;2-5H,6H2,1H3,(H,18,19,20)/q+1;. The average Bonchev–Trinajstić information content (AvgIpc) is 3.00. The molecule has 0 unspecified atom stereocenters. The van der Waals surface area contributed by atoms with Crippen LogP contribution in [0.5, 0.6) is 5.75 Å². The van der Waals surface area contributed by atoms with Crippen LogP contribution in [0.1, 0.15) is 5.56 Å². The monoisotopic (exact) mass is 749 g/mol. The first-order valence-corrected chi connectivity index (χ1v) is 16.9. The number of ether oxygens (including phenoxy) is 1. The molecule has 4 aromatic carbocycles. The van der Waals surface area contributed by atoms with Crippen LogP contribution in [0.25, 0.3) is 0 Å². The van der Waals surface area contributed by atoms with Gasteiger partial charge in [-0.2, -0.15) is 43.2 Å². The zero-order valence-corrected chi connectivity index (χ0v) is 26.4. The van der Waals surface area contributed by atoms with Crippen molar-refractivity contribution in [2.75, 3.05) is 7.11 Å². The quantitative estimate of drug-likeness (QED) is 0.0735. The third-order valence-corrected chi connectivity index (χ3v) is 10.4. The SMILES string of the molecule is COCc1ccc(OS(=O)(=O)C(F)(F)C(F)(F)C(F)(F)S(=O)(=O)O)cc1.Fc1ccc([S+](c2ccc(F)cc2)c2ccc(F)cc2)cc1. The summed E-state index contributed by atoms with van der Waals surface area (Å²) in [5.74, 6) is -8.94. The lowest BCUT2D eigenvalue weighted by Gasteiger charge is -2.29. The molecule has 0 bridgehead atoms. The predicted molar refractivity (Wildman–Crippen MR) is 154 cm³/mol. The lowest BCUT2D eigenvalue weighted by molar-refractivity contribution is -0.247. The Morgan fingerprint density at radius 2 is 0.958 bits per heavy atom. The van der Waals surface area contributed by atoms with E-state index in [9.17, 15) is 56.3 Å². The van der Waals surface area contributed by atoms with Gasteiger partial charge in [0.2, 0.25) is 0 Å². The molecule has 48 heavy (non-hydrogen) atoms. The van der Waals surface area contributed by atoms with Crippen LogP contribution in [0.2, 0.25) is 0 Å². The van der Waals surface area contributed by atoms with E-state index in [1.807, 2.05) is 0 Å². The Morgan fingerprint density at radius 1 is 0.604 bits per heavy atom. The highest BCUT2D eigenvalue weighted by Gasteiger charge is 2.83. The molecule has 0 saturated carbocycles. The number of halogens is 9. The summed E-state index contributed by atoms with van der Waals surface area (Å²) in [4.78, 5) is 2.67. The van der Waals surface area contributed by atoms with Crippen LogP contribution in [0.3, 0.4) is 0 Å². The third kappa shape index (κ3) is 8.43. The van der Waals surface area contributed by atoms with Crippen LogP contribution >= 0.6 is 0 Å². The van der Waals surface area contributed by atoms with E-state index in [1.54, 1.807) is 36.4 Å². The van der Waals surface area contributed by atoms with Gasteiger partial charge in [0.25, 0.3) is 0 Å². The summed E-state index contributed by atoms with van der Waals surface area (Å²) in [5.41, 5.74) is 0.396. The van der Waals surface area contributed by atoms with Gasteiger partial charge in [-0.25, -0.2) is 13.2 Å². The Balaban J connectivity index is 0.000000263. The molecule has 0 radical (unpaired) electrons. The average molecular weight is 750 g/mol. The lowest BCUT2D eigenvalue weighted by Crippen LogP contribution is -2.61. The molecule has 4 aromatic rings. The van der Waals surface area contributed by atoms with E-state index in [0.29, 0.717) is 5.56 Å². The minimum absolute atomic E-state index is 0.0157. The van der Waals surface area contributed by atoms with Gasteiger partial charge in [-0.3, -0.25) is 4.55 Å². The summed E-state index contributed by atoms with van der Waals surface area (Å²) in [6, 6.07) is 22.2. The molecule has 0 saturated heterocycles. The maximum absolute atomic E-state index is 13.6. The zero-order valence-electron chi connectivity index (χ0n) is 24.0. The Labute approximate surface area is 271 Å². The van der Waals surface area contributed by atoms with Crippen molar-refractivity contribution >= 4 is 31.1 Å². The molecule has 0 aromatic heterocycles. The smallest absolute Gasteiger partial charge is 0.380 e. The van der Waals surface area contributed by atoms with Crippen LogP contribution in [-0.2, 0) is 42.5 Å². The molecule has 19 heteroatoms. The van der Waals surface area contributed by atoms with Gasteiger partial charge in [0.1, 0.15) is 23.2 Å². The second-order valence-electron chi connectivity index (χ2n) is 9.37. The van der Waals surface area contributed by atoms with E-state index in [0.717, 1.165) is 39.0 Å². The van der Waals surface area contributed by atoms with Crippen LogP contribution in [0, 0.1) is 17.5 Å². The van der Waals surface area contributed by atoms with Crippen molar-refractivity contribution in [2.24, 2.45) is 0 Å². The van der Waals surface area contributed by atoms with E-state index in [1.165, 1.54) is 43.5 Å². The van der Waals surface area contributed by atoms with Gasteiger partial charge in [0.15, 0.2) is 14.7 Å². The molecule has 1 N–H and O–H groups in total. The molecule has 0 amide bonds. The van der Waals surface area contributed by atoms with Crippen molar-refractivity contribution in [3.63, 3.8) is 0 Å². The first-order chi connectivity index (χ1) is 22.1. The van der Waals surface area contributed by atoms with Gasteiger partial charge < -0.3 is 8.92 Å². The summed E-state index contributed by atoms with van der Waals surface area (Å²) in [5, 5.41) is -13.5. The largest absolute Gasteiger partial charge is 0.450 e. The van der Waals surface area contributed by atoms with Crippen molar-refractivity contribution < 1.29 is 69.8 Å². The number of methoxy groups -OCH3 is 1. The molecule has 260 valence electrons. The highest BCUT2D eigenvalue weighted by Crippen LogP contribution is 2.51. The molecule has 0 atom stereocenters. The van der Waals surface area contributed by atoms with Crippen molar-refractivity contribution in [3.8, 4) is 5.75 Å². The highest BCUT2D eigenvalue weighted by molar-refractivity contribution is 7.97. The maximum Gasteiger partial charge on any atom is 0.450 e. The second kappa shape index (κ2) is 14.8. The van der Waals surface area contributed by atoms with Crippen LogP contribution in [-0.4, -0.2) is 44.9 Å². The van der Waals surface area contributed by atoms with Crippen molar-refractivity contribution in [2.45, 2.75) is 37.7 Å². The van der Waals surface area contributed by atoms with Gasteiger partial charge in [-0.1, -0.05) is 12.1 Å². The first-order valence-electron chi connectivity index (χ1n) is 12.8. The molecule has 0 aliphatic heterocycles. The molecule has 7 nitrogen and oxygen atoms in total. The van der Waals surface area contributed by atoms with E-state index < -0.39 is 53.3 Å². The zero-order chi connectivity index (χ0) is 36.1. The van der Waals surface area contributed by atoms with Gasteiger partial charge in [-0.05, 0) is 90.5 Å². The topological polar surface area (TPSA) is 107 Å². The number of benzene rings is 4. The fraction of sp³-hybridized carbons (Fsp3) is 0.172. The predicted octanol–water partition coefficient (Wildman–Crippen LogP) is 7.45. The third-order valence-electron chi connectivity index (χ3n) is 5.96. The van der Waals surface area contributed by atoms with E-state index >= 15 is 0 Å². The summed E-state index contributed by atoms with van der Waals surface area (Å²) in [7, 11) is -13.1. The summed E-state index contributed by atoms with van der Waals surface area (Å²) < 4.78 is 179. The van der Waals surface area contributed by atoms with Gasteiger partial charge in [0.05, 0.1) is 17.5 Å². The van der Waals surface area contributed by atoms with Crippen LogP contribution in [0.4, 0.5) is 39.5 Å². The normalized spacial score (nSPS) is 12.8. The fourth-order valence-electron chi connectivity index (χ4n) is 3.60. The Hall–Kier alpha value is -3.78. The molecule has 0 fully saturated rings. The number of hydrogen-bond acceptors (Lipinski definition) is 6. The second-order valence-corrected chi connectivity index (χ2v) is 14.4. The van der Waals surface area contributed by atoms with Crippen LogP contribution in [0.15, 0.2) is 112 Å². The first kappa shape index (κ1) is 38.7. The lowest BCUT2D eigenvalue weighted by atomic mass is 10.2. The molecule has 0 spiro atoms. The Kier molecular flexibility index (Phi) is 11.9. The minimum atomic E-state index is -7.09. The van der Waals surface area contributed by atoms with E-state index in [-0.39, 0.29) is 24.1 Å². The molecule has 0 aliphatic rings. The highest BCUT2D eigenvalue weighted by atomic mass is 32.2. The molecular formula is C29H22F9O7S3+. The molecule has 0 heterocycles. The summed E-state index contributed by atoms with van der Waals surface area (Å²) in [6.45, 7) is 0.0157. The molecule has 4 rings (SSSR count). The summed E-state index contributed by atoms with van der Waals surface area (Å²) in [6.07, 6.45) is 0. The molecule has 0 aliphatic carbocycles. The van der Waals surface area contributed by atoms with Crippen LogP contribution < -0.4 is 4.18 Å². The van der Waals surface area contributed by atoms with Crippen molar-refractivity contribution in [1.82, 2.24) is 0 Å². The number of alkyl halides is 6. The van der Waals surface area contributed by atoms with E-state index in [2.05, 4.69) is 4.18 Å². The fourth-order valence-corrected chi connectivity index (χ4v) is 7.06. The van der Waals surface area contributed by atoms with Gasteiger partial charge in [0, 0.05) is 7.11 Å². The van der Waals surface area contributed by atoms with Crippen molar-refractivity contribution in [1.29, 1.82) is 0 Å². The maximum atomic E-state index is 13.6. The Bertz CT molecular complexity index is 1780. The Morgan fingerprint density at radius 3 is 1.27 bits per heavy atom. The minimum Gasteiger partial charge on any atom is -0.380 e. The van der Waals surface area contributed by atoms with Crippen molar-refractivity contribution in [3.05, 3.63) is 120 Å².